The average Bonchev–Trinajstić information content (AvgIpc) is 2.59. The van der Waals surface area contributed by atoms with Gasteiger partial charge in [-0.3, -0.25) is 0 Å². The van der Waals surface area contributed by atoms with E-state index >= 15 is 0 Å². The molecule has 3 rings (SSSR count). The Hall–Kier alpha value is -1.09. The molecule has 1 fully saturated rings. The fraction of sp³-hybridized carbons (Fsp3) is 0.500. The monoisotopic (exact) mass is 207 g/mol. The summed E-state index contributed by atoms with van der Waals surface area (Å²) < 4.78 is 18.6. The Kier molecular flexibility index (Phi) is 1.96. The lowest BCUT2D eigenvalue weighted by atomic mass is 9.76. The first-order chi connectivity index (χ1) is 7.30. The fourth-order valence-electron chi connectivity index (χ4n) is 2.68. The van der Waals surface area contributed by atoms with Gasteiger partial charge in [0, 0.05) is 30.9 Å². The van der Waals surface area contributed by atoms with Crippen molar-refractivity contribution in [3.8, 4) is 0 Å². The standard InChI is InChI=1S/C12H14FNO/c13-9-1-2-11-10(7-9)12(8-14-11)3-5-15-6-4-12/h1-2,7,14H,3-6,8H2. The van der Waals surface area contributed by atoms with Gasteiger partial charge in [-0.15, -0.1) is 0 Å². The van der Waals surface area contributed by atoms with Gasteiger partial charge in [-0.1, -0.05) is 0 Å². The number of hydrogen-bond donors (Lipinski definition) is 1. The van der Waals surface area contributed by atoms with Crippen LogP contribution in [0, 0.1) is 5.82 Å². The molecule has 0 radical (unpaired) electrons. The molecule has 2 aliphatic rings. The van der Waals surface area contributed by atoms with Gasteiger partial charge in [0.15, 0.2) is 0 Å². The number of benzene rings is 1. The van der Waals surface area contributed by atoms with Gasteiger partial charge in [0.05, 0.1) is 0 Å². The molecule has 1 saturated heterocycles. The second-order valence-electron chi connectivity index (χ2n) is 4.44. The van der Waals surface area contributed by atoms with Crippen molar-refractivity contribution in [3.63, 3.8) is 0 Å². The molecule has 2 heterocycles. The highest BCUT2D eigenvalue weighted by atomic mass is 19.1. The summed E-state index contributed by atoms with van der Waals surface area (Å²) in [5, 5.41) is 3.37. The van der Waals surface area contributed by atoms with Crippen LogP contribution in [0.25, 0.3) is 0 Å². The van der Waals surface area contributed by atoms with Gasteiger partial charge >= 0.3 is 0 Å². The molecule has 80 valence electrons. The molecule has 0 aliphatic carbocycles. The van der Waals surface area contributed by atoms with E-state index in [2.05, 4.69) is 5.32 Å². The summed E-state index contributed by atoms with van der Waals surface area (Å²) in [6.45, 7) is 2.50. The van der Waals surface area contributed by atoms with E-state index in [-0.39, 0.29) is 11.2 Å². The lowest BCUT2D eigenvalue weighted by Crippen LogP contribution is -2.35. The molecule has 0 atom stereocenters. The minimum atomic E-state index is -0.136. The van der Waals surface area contributed by atoms with Gasteiger partial charge in [-0.2, -0.15) is 0 Å². The molecule has 2 aliphatic heterocycles. The number of hydrogen-bond acceptors (Lipinski definition) is 2. The highest BCUT2D eigenvalue weighted by Gasteiger charge is 2.40. The quantitative estimate of drug-likeness (QED) is 0.704. The number of fused-ring (bicyclic) bond motifs is 2. The van der Waals surface area contributed by atoms with E-state index in [1.807, 2.05) is 6.07 Å². The maximum Gasteiger partial charge on any atom is 0.123 e. The predicted octanol–water partition coefficient (Wildman–Crippen LogP) is 2.30. The van der Waals surface area contributed by atoms with Gasteiger partial charge in [0.1, 0.15) is 5.82 Å². The highest BCUT2D eigenvalue weighted by Crippen LogP contribution is 2.43. The highest BCUT2D eigenvalue weighted by molar-refractivity contribution is 5.60. The number of ether oxygens (including phenoxy) is 1. The first kappa shape index (κ1) is 9.16. The van der Waals surface area contributed by atoms with Crippen molar-refractivity contribution in [1.82, 2.24) is 0 Å². The summed E-state index contributed by atoms with van der Waals surface area (Å²) in [7, 11) is 0. The maximum absolute atomic E-state index is 13.2. The predicted molar refractivity (Wildman–Crippen MR) is 56.6 cm³/mol. The SMILES string of the molecule is Fc1ccc2c(c1)C1(CCOCC1)CN2. The van der Waals surface area contributed by atoms with Gasteiger partial charge < -0.3 is 10.1 Å². The first-order valence-electron chi connectivity index (χ1n) is 5.42. The minimum Gasteiger partial charge on any atom is -0.384 e. The third-order valence-corrected chi connectivity index (χ3v) is 3.62. The second kappa shape index (κ2) is 3.20. The molecule has 2 nitrogen and oxygen atoms in total. The van der Waals surface area contributed by atoms with Crippen LogP contribution >= 0.6 is 0 Å². The molecule has 15 heavy (non-hydrogen) atoms. The van der Waals surface area contributed by atoms with E-state index in [1.165, 1.54) is 6.07 Å². The normalized spacial score (nSPS) is 22.5. The lowest BCUT2D eigenvalue weighted by molar-refractivity contribution is 0.0566. The van der Waals surface area contributed by atoms with E-state index in [0.717, 1.165) is 43.9 Å². The summed E-state index contributed by atoms with van der Waals surface area (Å²) >= 11 is 0. The Labute approximate surface area is 88.4 Å². The molecule has 1 N–H and O–H groups in total. The van der Waals surface area contributed by atoms with Gasteiger partial charge in [-0.25, -0.2) is 4.39 Å². The summed E-state index contributed by atoms with van der Waals surface area (Å²) in [5.41, 5.74) is 2.36. The van der Waals surface area contributed by atoms with Crippen LogP contribution in [0.5, 0.6) is 0 Å². The maximum atomic E-state index is 13.2. The average molecular weight is 207 g/mol. The number of nitrogens with one attached hydrogen (secondary N) is 1. The first-order valence-corrected chi connectivity index (χ1v) is 5.42. The molecule has 0 amide bonds. The lowest BCUT2D eigenvalue weighted by Gasteiger charge is -2.33. The Bertz CT molecular complexity index is 380. The van der Waals surface area contributed by atoms with Crippen LogP contribution in [-0.4, -0.2) is 19.8 Å². The molecule has 0 unspecified atom stereocenters. The van der Waals surface area contributed by atoms with E-state index in [0.29, 0.717) is 0 Å². The number of rotatable bonds is 0. The zero-order chi connectivity index (χ0) is 10.3. The van der Waals surface area contributed by atoms with E-state index < -0.39 is 0 Å². The van der Waals surface area contributed by atoms with Crippen molar-refractivity contribution in [2.45, 2.75) is 18.3 Å². The van der Waals surface area contributed by atoms with E-state index in [4.69, 9.17) is 4.74 Å². The molecule has 1 aromatic carbocycles. The molecule has 3 heteroatoms. The van der Waals surface area contributed by atoms with E-state index in [1.54, 1.807) is 6.07 Å². The largest absolute Gasteiger partial charge is 0.384 e. The van der Waals surface area contributed by atoms with Crippen molar-refractivity contribution in [3.05, 3.63) is 29.6 Å². The summed E-state index contributed by atoms with van der Waals surface area (Å²) in [4.78, 5) is 0. The van der Waals surface area contributed by atoms with Crippen LogP contribution in [0.4, 0.5) is 10.1 Å². The van der Waals surface area contributed by atoms with Crippen LogP contribution in [0.2, 0.25) is 0 Å². The third-order valence-electron chi connectivity index (χ3n) is 3.62. The van der Waals surface area contributed by atoms with Crippen molar-refractivity contribution in [1.29, 1.82) is 0 Å². The molecular formula is C12H14FNO. The van der Waals surface area contributed by atoms with Gasteiger partial charge in [0.2, 0.25) is 0 Å². The molecule has 0 bridgehead atoms. The Morgan fingerprint density at radius 2 is 2.07 bits per heavy atom. The van der Waals surface area contributed by atoms with Crippen LogP contribution in [0.1, 0.15) is 18.4 Å². The zero-order valence-electron chi connectivity index (χ0n) is 8.55. The van der Waals surface area contributed by atoms with Gasteiger partial charge in [0.25, 0.3) is 0 Å². The van der Waals surface area contributed by atoms with Gasteiger partial charge in [-0.05, 0) is 36.6 Å². The molecule has 0 aromatic heterocycles. The van der Waals surface area contributed by atoms with Crippen LogP contribution in [-0.2, 0) is 10.2 Å². The summed E-state index contributed by atoms with van der Waals surface area (Å²) in [5.74, 6) is -0.136. The third kappa shape index (κ3) is 1.34. The van der Waals surface area contributed by atoms with Crippen molar-refractivity contribution >= 4 is 5.69 Å². The molecule has 1 spiro atoms. The molecule has 0 saturated carbocycles. The Morgan fingerprint density at radius 1 is 1.27 bits per heavy atom. The van der Waals surface area contributed by atoms with Crippen LogP contribution in [0.15, 0.2) is 18.2 Å². The Balaban J connectivity index is 2.05. The number of halogens is 1. The fourth-order valence-corrected chi connectivity index (χ4v) is 2.68. The molecular weight excluding hydrogens is 193 g/mol. The van der Waals surface area contributed by atoms with E-state index in [9.17, 15) is 4.39 Å². The smallest absolute Gasteiger partial charge is 0.123 e. The Morgan fingerprint density at radius 3 is 2.87 bits per heavy atom. The van der Waals surface area contributed by atoms with Crippen molar-refractivity contribution in [2.24, 2.45) is 0 Å². The second-order valence-corrected chi connectivity index (χ2v) is 4.44. The summed E-state index contributed by atoms with van der Waals surface area (Å²) in [6, 6.07) is 5.04. The topological polar surface area (TPSA) is 21.3 Å². The summed E-state index contributed by atoms with van der Waals surface area (Å²) in [6.07, 6.45) is 1.99. The minimum absolute atomic E-state index is 0.121. The van der Waals surface area contributed by atoms with Crippen LogP contribution in [0.3, 0.4) is 0 Å². The van der Waals surface area contributed by atoms with Crippen LogP contribution < -0.4 is 5.32 Å². The number of anilines is 1. The zero-order valence-corrected chi connectivity index (χ0v) is 8.55. The van der Waals surface area contributed by atoms with Crippen molar-refractivity contribution in [2.75, 3.05) is 25.1 Å². The molecule has 1 aromatic rings. The van der Waals surface area contributed by atoms with Crippen molar-refractivity contribution < 1.29 is 9.13 Å².